The van der Waals surface area contributed by atoms with Crippen molar-refractivity contribution < 1.29 is 9.90 Å². The van der Waals surface area contributed by atoms with E-state index >= 15 is 0 Å². The van der Waals surface area contributed by atoms with Crippen LogP contribution in [0.25, 0.3) is 6.08 Å². The highest BCUT2D eigenvalue weighted by Gasteiger charge is 2.22. The molecule has 1 amide bonds. The van der Waals surface area contributed by atoms with E-state index in [1.54, 1.807) is 11.0 Å². The molecule has 0 unspecified atom stereocenters. The molecule has 0 aliphatic carbocycles. The first kappa shape index (κ1) is 11.9. The summed E-state index contributed by atoms with van der Waals surface area (Å²) in [7, 11) is 0. The highest BCUT2D eigenvalue weighted by molar-refractivity contribution is 5.92. The Balaban J connectivity index is 2.01. The van der Waals surface area contributed by atoms with Gasteiger partial charge in [-0.1, -0.05) is 24.3 Å². The van der Waals surface area contributed by atoms with E-state index in [1.165, 1.54) is 0 Å². The molecule has 0 saturated carbocycles. The number of nitrogens with zero attached hydrogens (tertiary/aromatic N) is 1. The molecular formula is C14H17NO2. The summed E-state index contributed by atoms with van der Waals surface area (Å²) >= 11 is 0. The quantitative estimate of drug-likeness (QED) is 0.785. The minimum absolute atomic E-state index is 0.0233. The smallest absolute Gasteiger partial charge is 0.246 e. The Labute approximate surface area is 101 Å². The monoisotopic (exact) mass is 231 g/mol. The first-order valence-electron chi connectivity index (χ1n) is 5.87. The molecular weight excluding hydrogens is 214 g/mol. The standard InChI is InChI=1S/C14H17NO2/c1-11-4-2-3-5-12(11)6-7-14(17)15-9-8-13(16)10-15/h2-7,13,16H,8-10H2,1H3/b7-6+/t13-/m1/s1. The third-order valence-electron chi connectivity index (χ3n) is 3.07. The second-order valence-electron chi connectivity index (χ2n) is 4.42. The second-order valence-corrected chi connectivity index (χ2v) is 4.42. The van der Waals surface area contributed by atoms with Gasteiger partial charge in [0.15, 0.2) is 0 Å². The number of aliphatic hydroxyl groups excluding tert-OH is 1. The summed E-state index contributed by atoms with van der Waals surface area (Å²) in [6.07, 6.45) is 3.75. The van der Waals surface area contributed by atoms with E-state index in [9.17, 15) is 9.90 Å². The molecule has 3 heteroatoms. The molecule has 1 aromatic rings. The number of carbonyl (C=O) groups is 1. The number of aliphatic hydroxyl groups is 1. The van der Waals surface area contributed by atoms with E-state index in [0.717, 1.165) is 11.1 Å². The molecule has 0 aromatic heterocycles. The van der Waals surface area contributed by atoms with Crippen LogP contribution in [0.1, 0.15) is 17.5 Å². The van der Waals surface area contributed by atoms with Gasteiger partial charge in [0.2, 0.25) is 5.91 Å². The Morgan fingerprint density at radius 1 is 1.47 bits per heavy atom. The van der Waals surface area contributed by atoms with Crippen molar-refractivity contribution in [3.63, 3.8) is 0 Å². The van der Waals surface area contributed by atoms with Gasteiger partial charge < -0.3 is 10.0 Å². The summed E-state index contributed by atoms with van der Waals surface area (Å²) in [5.74, 6) is -0.0233. The summed E-state index contributed by atoms with van der Waals surface area (Å²) < 4.78 is 0. The van der Waals surface area contributed by atoms with Crippen LogP contribution >= 0.6 is 0 Å². The van der Waals surface area contributed by atoms with Gasteiger partial charge in [0.1, 0.15) is 0 Å². The van der Waals surface area contributed by atoms with Gasteiger partial charge in [-0.15, -0.1) is 0 Å². The Morgan fingerprint density at radius 2 is 2.24 bits per heavy atom. The molecule has 1 fully saturated rings. The first-order valence-corrected chi connectivity index (χ1v) is 5.87. The Kier molecular flexibility index (Phi) is 3.59. The van der Waals surface area contributed by atoms with Crippen molar-refractivity contribution in [2.75, 3.05) is 13.1 Å². The lowest BCUT2D eigenvalue weighted by atomic mass is 10.1. The maximum atomic E-state index is 11.8. The fourth-order valence-corrected chi connectivity index (χ4v) is 1.98. The highest BCUT2D eigenvalue weighted by atomic mass is 16.3. The van der Waals surface area contributed by atoms with Crippen LogP contribution in [-0.4, -0.2) is 35.1 Å². The largest absolute Gasteiger partial charge is 0.391 e. The molecule has 1 heterocycles. The zero-order valence-corrected chi connectivity index (χ0v) is 9.97. The van der Waals surface area contributed by atoms with Gasteiger partial charge in [-0.05, 0) is 30.5 Å². The SMILES string of the molecule is Cc1ccccc1/C=C/C(=O)N1CC[C@@H](O)C1. The molecule has 1 aliphatic heterocycles. The summed E-state index contributed by atoms with van der Waals surface area (Å²) in [5.41, 5.74) is 2.21. The van der Waals surface area contributed by atoms with Crippen molar-refractivity contribution in [3.8, 4) is 0 Å². The van der Waals surface area contributed by atoms with E-state index in [-0.39, 0.29) is 12.0 Å². The zero-order valence-electron chi connectivity index (χ0n) is 9.97. The second kappa shape index (κ2) is 5.15. The van der Waals surface area contributed by atoms with Gasteiger partial charge in [-0.3, -0.25) is 4.79 Å². The minimum atomic E-state index is -0.356. The van der Waals surface area contributed by atoms with Crippen LogP contribution < -0.4 is 0 Å². The molecule has 1 aromatic carbocycles. The van der Waals surface area contributed by atoms with Crippen molar-refractivity contribution in [1.29, 1.82) is 0 Å². The van der Waals surface area contributed by atoms with Crippen LogP contribution in [0, 0.1) is 6.92 Å². The molecule has 0 spiro atoms. The fraction of sp³-hybridized carbons (Fsp3) is 0.357. The van der Waals surface area contributed by atoms with E-state index < -0.39 is 0 Å². The molecule has 17 heavy (non-hydrogen) atoms. The van der Waals surface area contributed by atoms with Gasteiger partial charge >= 0.3 is 0 Å². The zero-order chi connectivity index (χ0) is 12.3. The van der Waals surface area contributed by atoms with Gasteiger partial charge in [-0.2, -0.15) is 0 Å². The van der Waals surface area contributed by atoms with Crippen molar-refractivity contribution >= 4 is 12.0 Å². The van der Waals surface area contributed by atoms with Crippen LogP contribution in [0.15, 0.2) is 30.3 Å². The van der Waals surface area contributed by atoms with E-state index in [1.807, 2.05) is 37.3 Å². The van der Waals surface area contributed by atoms with Crippen molar-refractivity contribution in [2.24, 2.45) is 0 Å². The van der Waals surface area contributed by atoms with Gasteiger partial charge in [0, 0.05) is 19.2 Å². The maximum Gasteiger partial charge on any atom is 0.246 e. The Morgan fingerprint density at radius 3 is 2.88 bits per heavy atom. The van der Waals surface area contributed by atoms with E-state index in [0.29, 0.717) is 19.5 Å². The maximum absolute atomic E-state index is 11.8. The highest BCUT2D eigenvalue weighted by Crippen LogP contribution is 2.12. The number of β-amino-alcohol motifs (C(OH)–C–C–N with tert-alkyl or cyclic N) is 1. The lowest BCUT2D eigenvalue weighted by Gasteiger charge is -2.12. The summed E-state index contributed by atoms with van der Waals surface area (Å²) in [6.45, 7) is 3.12. The molecule has 0 bridgehead atoms. The van der Waals surface area contributed by atoms with Crippen molar-refractivity contribution in [3.05, 3.63) is 41.5 Å². The molecule has 1 aliphatic rings. The topological polar surface area (TPSA) is 40.5 Å². The number of rotatable bonds is 2. The Bertz CT molecular complexity index is 440. The van der Waals surface area contributed by atoms with E-state index in [2.05, 4.69) is 0 Å². The third-order valence-corrected chi connectivity index (χ3v) is 3.07. The van der Waals surface area contributed by atoms with Gasteiger partial charge in [-0.25, -0.2) is 0 Å². The number of amides is 1. The van der Waals surface area contributed by atoms with Crippen LogP contribution in [-0.2, 0) is 4.79 Å². The molecule has 1 atom stereocenters. The summed E-state index contributed by atoms with van der Waals surface area (Å²) in [4.78, 5) is 13.5. The molecule has 2 rings (SSSR count). The third kappa shape index (κ3) is 2.94. The minimum Gasteiger partial charge on any atom is -0.391 e. The number of hydrogen-bond acceptors (Lipinski definition) is 2. The van der Waals surface area contributed by atoms with Crippen molar-refractivity contribution in [2.45, 2.75) is 19.4 Å². The molecule has 1 N–H and O–H groups in total. The van der Waals surface area contributed by atoms with Gasteiger partial charge in [0.05, 0.1) is 6.10 Å². The lowest BCUT2D eigenvalue weighted by molar-refractivity contribution is -0.125. The van der Waals surface area contributed by atoms with Crippen molar-refractivity contribution in [1.82, 2.24) is 4.90 Å². The normalized spacial score (nSPS) is 20.1. The average molecular weight is 231 g/mol. The van der Waals surface area contributed by atoms with Crippen LogP contribution in [0.3, 0.4) is 0 Å². The molecule has 3 nitrogen and oxygen atoms in total. The van der Waals surface area contributed by atoms with Gasteiger partial charge in [0.25, 0.3) is 0 Å². The lowest BCUT2D eigenvalue weighted by Crippen LogP contribution is -2.27. The first-order chi connectivity index (χ1) is 8.16. The van der Waals surface area contributed by atoms with Crippen LogP contribution in [0.2, 0.25) is 0 Å². The molecule has 0 radical (unpaired) electrons. The number of carbonyl (C=O) groups excluding carboxylic acids is 1. The average Bonchev–Trinajstić information content (AvgIpc) is 2.74. The Hall–Kier alpha value is -1.61. The van der Waals surface area contributed by atoms with Crippen LogP contribution in [0.5, 0.6) is 0 Å². The molecule has 90 valence electrons. The number of hydrogen-bond donors (Lipinski definition) is 1. The number of aryl methyl sites for hydroxylation is 1. The number of likely N-dealkylation sites (tertiary alicyclic amines) is 1. The fourth-order valence-electron chi connectivity index (χ4n) is 1.98. The number of benzene rings is 1. The van der Waals surface area contributed by atoms with Crippen LogP contribution in [0.4, 0.5) is 0 Å². The summed E-state index contributed by atoms with van der Waals surface area (Å²) in [5, 5.41) is 9.36. The predicted molar refractivity (Wildman–Crippen MR) is 67.4 cm³/mol. The molecule has 1 saturated heterocycles. The summed E-state index contributed by atoms with van der Waals surface area (Å²) in [6, 6.07) is 7.93. The van der Waals surface area contributed by atoms with E-state index in [4.69, 9.17) is 0 Å². The predicted octanol–water partition coefficient (Wildman–Crippen LogP) is 1.60.